The van der Waals surface area contributed by atoms with Crippen molar-refractivity contribution in [3.05, 3.63) is 0 Å². The van der Waals surface area contributed by atoms with Gasteiger partial charge in [-0.05, 0) is 12.3 Å². The molecule has 1 aliphatic heterocycles. The van der Waals surface area contributed by atoms with E-state index >= 15 is 0 Å². The van der Waals surface area contributed by atoms with Gasteiger partial charge in [0.2, 0.25) is 5.91 Å². The highest BCUT2D eigenvalue weighted by atomic mass is 16.3. The normalized spacial score (nSPS) is 32.1. The first-order chi connectivity index (χ1) is 5.09. The van der Waals surface area contributed by atoms with E-state index in [9.17, 15) is 9.90 Å². The molecule has 3 heteroatoms. The predicted molar refractivity (Wildman–Crippen MR) is 42.0 cm³/mol. The Labute approximate surface area is 67.0 Å². The topological polar surface area (TPSA) is 40.5 Å². The standard InChI is InChI=1S/C8H15NO2/c1-6-3-8(11)5-9(4-6)7(2)10/h6,8,11H,3-5H2,1-2H3/t6?,8-/m1/s1. The molecule has 1 heterocycles. The Kier molecular flexibility index (Phi) is 2.49. The molecule has 1 aliphatic rings. The van der Waals surface area contributed by atoms with Crippen LogP contribution < -0.4 is 0 Å². The Balaban J connectivity index is 2.49. The quantitative estimate of drug-likeness (QED) is 0.547. The van der Waals surface area contributed by atoms with Crippen LogP contribution in [-0.4, -0.2) is 35.1 Å². The van der Waals surface area contributed by atoms with Crippen LogP contribution >= 0.6 is 0 Å². The zero-order chi connectivity index (χ0) is 8.43. The summed E-state index contributed by atoms with van der Waals surface area (Å²) in [4.78, 5) is 12.6. The van der Waals surface area contributed by atoms with Gasteiger partial charge in [-0.25, -0.2) is 0 Å². The Morgan fingerprint density at radius 2 is 2.18 bits per heavy atom. The Morgan fingerprint density at radius 1 is 1.55 bits per heavy atom. The lowest BCUT2D eigenvalue weighted by Crippen LogP contribution is -2.44. The van der Waals surface area contributed by atoms with Crippen molar-refractivity contribution in [1.82, 2.24) is 4.90 Å². The summed E-state index contributed by atoms with van der Waals surface area (Å²) >= 11 is 0. The lowest BCUT2D eigenvalue weighted by atomic mass is 9.98. The summed E-state index contributed by atoms with van der Waals surface area (Å²) in [6, 6.07) is 0. The van der Waals surface area contributed by atoms with Gasteiger partial charge >= 0.3 is 0 Å². The molecule has 2 atom stereocenters. The molecule has 0 aromatic heterocycles. The van der Waals surface area contributed by atoms with Crippen LogP contribution in [0.1, 0.15) is 20.3 Å². The van der Waals surface area contributed by atoms with E-state index in [4.69, 9.17) is 0 Å². The minimum Gasteiger partial charge on any atom is -0.391 e. The molecule has 0 aliphatic carbocycles. The van der Waals surface area contributed by atoms with Crippen molar-refractivity contribution < 1.29 is 9.90 Å². The highest BCUT2D eigenvalue weighted by Gasteiger charge is 2.24. The number of hydrogen-bond acceptors (Lipinski definition) is 2. The lowest BCUT2D eigenvalue weighted by molar-refractivity contribution is -0.133. The number of nitrogens with zero attached hydrogens (tertiary/aromatic N) is 1. The largest absolute Gasteiger partial charge is 0.391 e. The predicted octanol–water partition coefficient (Wildman–Crippen LogP) is 0.236. The van der Waals surface area contributed by atoms with E-state index in [0.717, 1.165) is 13.0 Å². The van der Waals surface area contributed by atoms with Gasteiger partial charge in [-0.15, -0.1) is 0 Å². The molecule has 1 amide bonds. The third-order valence-electron chi connectivity index (χ3n) is 2.08. The summed E-state index contributed by atoms with van der Waals surface area (Å²) < 4.78 is 0. The van der Waals surface area contributed by atoms with Crippen LogP contribution in [0.15, 0.2) is 0 Å². The first kappa shape index (κ1) is 8.53. The molecule has 1 saturated heterocycles. The zero-order valence-electron chi connectivity index (χ0n) is 7.08. The van der Waals surface area contributed by atoms with Crippen LogP contribution in [0.5, 0.6) is 0 Å². The van der Waals surface area contributed by atoms with Gasteiger partial charge in [0.25, 0.3) is 0 Å². The highest BCUT2D eigenvalue weighted by molar-refractivity contribution is 5.73. The average Bonchev–Trinajstić information content (AvgIpc) is 1.85. The summed E-state index contributed by atoms with van der Waals surface area (Å²) in [6.45, 7) is 4.91. The van der Waals surface area contributed by atoms with Gasteiger partial charge in [-0.3, -0.25) is 4.79 Å². The van der Waals surface area contributed by atoms with Crippen molar-refractivity contribution in [3.63, 3.8) is 0 Å². The number of carbonyl (C=O) groups excluding carboxylic acids is 1. The van der Waals surface area contributed by atoms with E-state index in [1.54, 1.807) is 11.8 Å². The molecule has 3 nitrogen and oxygen atoms in total. The molecule has 0 spiro atoms. The Morgan fingerprint density at radius 3 is 2.64 bits per heavy atom. The minimum atomic E-state index is -0.317. The number of β-amino-alcohol motifs (C(OH)–C–C–N with tert-alkyl or cyclic N) is 1. The van der Waals surface area contributed by atoms with Crippen molar-refractivity contribution in [2.75, 3.05) is 13.1 Å². The van der Waals surface area contributed by atoms with E-state index in [2.05, 4.69) is 6.92 Å². The Bertz CT molecular complexity index is 148. The van der Waals surface area contributed by atoms with Crippen LogP contribution in [0, 0.1) is 5.92 Å². The van der Waals surface area contributed by atoms with Crippen molar-refractivity contribution >= 4 is 5.91 Å². The maximum atomic E-state index is 10.9. The second kappa shape index (κ2) is 3.22. The Hall–Kier alpha value is -0.570. The number of likely N-dealkylation sites (tertiary alicyclic amines) is 1. The zero-order valence-corrected chi connectivity index (χ0v) is 7.08. The highest BCUT2D eigenvalue weighted by Crippen LogP contribution is 2.15. The van der Waals surface area contributed by atoms with Crippen molar-refractivity contribution in [2.45, 2.75) is 26.4 Å². The lowest BCUT2D eigenvalue weighted by Gasteiger charge is -2.33. The summed E-state index contributed by atoms with van der Waals surface area (Å²) in [5.74, 6) is 0.498. The second-order valence-corrected chi connectivity index (χ2v) is 3.42. The molecule has 1 rings (SSSR count). The van der Waals surface area contributed by atoms with Crippen molar-refractivity contribution in [1.29, 1.82) is 0 Å². The number of aliphatic hydroxyl groups excluding tert-OH is 1. The third-order valence-corrected chi connectivity index (χ3v) is 2.08. The molecule has 0 aromatic carbocycles. The SMILES string of the molecule is CC(=O)N1CC(C)C[C@@H](O)C1. The maximum absolute atomic E-state index is 10.9. The molecule has 1 N–H and O–H groups in total. The third kappa shape index (κ3) is 2.19. The molecule has 11 heavy (non-hydrogen) atoms. The van der Waals surface area contributed by atoms with Crippen molar-refractivity contribution in [3.8, 4) is 0 Å². The fourth-order valence-corrected chi connectivity index (χ4v) is 1.58. The molecule has 0 bridgehead atoms. The van der Waals surface area contributed by atoms with E-state index in [-0.39, 0.29) is 12.0 Å². The van der Waals surface area contributed by atoms with Gasteiger partial charge in [-0.2, -0.15) is 0 Å². The maximum Gasteiger partial charge on any atom is 0.219 e. The average molecular weight is 157 g/mol. The number of amides is 1. The fourth-order valence-electron chi connectivity index (χ4n) is 1.58. The van der Waals surface area contributed by atoms with Gasteiger partial charge in [0.15, 0.2) is 0 Å². The molecule has 0 radical (unpaired) electrons. The summed E-state index contributed by atoms with van der Waals surface area (Å²) in [6.07, 6.45) is 0.506. The van der Waals surface area contributed by atoms with Gasteiger partial charge in [0, 0.05) is 20.0 Å². The second-order valence-electron chi connectivity index (χ2n) is 3.42. The molecule has 1 fully saturated rings. The van der Waals surface area contributed by atoms with Crippen LogP contribution in [0.4, 0.5) is 0 Å². The first-order valence-corrected chi connectivity index (χ1v) is 4.03. The number of aliphatic hydroxyl groups is 1. The van der Waals surface area contributed by atoms with Crippen LogP contribution in [-0.2, 0) is 4.79 Å². The summed E-state index contributed by atoms with van der Waals surface area (Å²) in [5, 5.41) is 9.30. The molecule has 64 valence electrons. The first-order valence-electron chi connectivity index (χ1n) is 4.03. The molecule has 0 saturated carbocycles. The van der Waals surface area contributed by atoms with E-state index < -0.39 is 0 Å². The summed E-state index contributed by atoms with van der Waals surface area (Å²) in [7, 11) is 0. The summed E-state index contributed by atoms with van der Waals surface area (Å²) in [5.41, 5.74) is 0. The van der Waals surface area contributed by atoms with E-state index in [1.165, 1.54) is 0 Å². The van der Waals surface area contributed by atoms with Gasteiger partial charge in [-0.1, -0.05) is 6.92 Å². The van der Waals surface area contributed by atoms with Crippen LogP contribution in [0.2, 0.25) is 0 Å². The fraction of sp³-hybridized carbons (Fsp3) is 0.875. The molecular weight excluding hydrogens is 142 g/mol. The van der Waals surface area contributed by atoms with E-state index in [1.807, 2.05) is 0 Å². The molecule has 0 aromatic rings. The monoisotopic (exact) mass is 157 g/mol. The number of carbonyl (C=O) groups is 1. The molecule has 1 unspecified atom stereocenters. The van der Waals surface area contributed by atoms with Gasteiger partial charge < -0.3 is 10.0 Å². The van der Waals surface area contributed by atoms with E-state index in [0.29, 0.717) is 12.5 Å². The van der Waals surface area contributed by atoms with Gasteiger partial charge in [0.05, 0.1) is 6.10 Å². The van der Waals surface area contributed by atoms with Crippen LogP contribution in [0.25, 0.3) is 0 Å². The molecular formula is C8H15NO2. The van der Waals surface area contributed by atoms with Crippen LogP contribution in [0.3, 0.4) is 0 Å². The van der Waals surface area contributed by atoms with Crippen molar-refractivity contribution in [2.24, 2.45) is 5.92 Å². The minimum absolute atomic E-state index is 0.0654. The van der Waals surface area contributed by atoms with Gasteiger partial charge in [0.1, 0.15) is 0 Å². The smallest absolute Gasteiger partial charge is 0.219 e. The number of piperidine rings is 1. The number of rotatable bonds is 0. The number of hydrogen-bond donors (Lipinski definition) is 1.